The molecule has 0 aromatic heterocycles. The second-order valence-electron chi connectivity index (χ2n) is 4.72. The Morgan fingerprint density at radius 1 is 1.50 bits per heavy atom. The third-order valence-corrected chi connectivity index (χ3v) is 2.50. The van der Waals surface area contributed by atoms with E-state index < -0.39 is 17.8 Å². The van der Waals surface area contributed by atoms with Crippen molar-refractivity contribution in [1.82, 2.24) is 5.32 Å². The van der Waals surface area contributed by atoms with Crippen LogP contribution in [0, 0.1) is 11.7 Å². The fourth-order valence-corrected chi connectivity index (χ4v) is 1.66. The van der Waals surface area contributed by atoms with Gasteiger partial charge in [0.05, 0.1) is 11.7 Å². The van der Waals surface area contributed by atoms with Crippen molar-refractivity contribution < 1.29 is 14.3 Å². The molecule has 0 saturated heterocycles. The van der Waals surface area contributed by atoms with Crippen molar-refractivity contribution in [1.29, 1.82) is 0 Å². The Morgan fingerprint density at radius 3 is 2.78 bits per heavy atom. The van der Waals surface area contributed by atoms with Crippen molar-refractivity contribution in [3.05, 3.63) is 29.6 Å². The molecule has 1 aromatic carbocycles. The molecule has 0 heterocycles. The van der Waals surface area contributed by atoms with Crippen LogP contribution in [0.15, 0.2) is 18.2 Å². The summed E-state index contributed by atoms with van der Waals surface area (Å²) >= 11 is 0. The van der Waals surface area contributed by atoms with Gasteiger partial charge in [-0.05, 0) is 30.5 Å². The topological polar surface area (TPSA) is 75.3 Å². The van der Waals surface area contributed by atoms with Crippen molar-refractivity contribution in [2.45, 2.75) is 26.4 Å². The van der Waals surface area contributed by atoms with Crippen LogP contribution in [0.25, 0.3) is 0 Å². The highest BCUT2D eigenvalue weighted by Gasteiger charge is 2.13. The lowest BCUT2D eigenvalue weighted by Crippen LogP contribution is -2.33. The number of carbonyl (C=O) groups is 1. The van der Waals surface area contributed by atoms with Crippen molar-refractivity contribution in [2.75, 3.05) is 12.3 Å². The van der Waals surface area contributed by atoms with Gasteiger partial charge in [0.15, 0.2) is 0 Å². The van der Waals surface area contributed by atoms with Gasteiger partial charge in [-0.2, -0.15) is 0 Å². The third kappa shape index (κ3) is 4.33. The van der Waals surface area contributed by atoms with E-state index in [1.807, 2.05) is 13.8 Å². The van der Waals surface area contributed by atoms with Gasteiger partial charge < -0.3 is 16.2 Å². The van der Waals surface area contributed by atoms with E-state index in [4.69, 9.17) is 5.73 Å². The van der Waals surface area contributed by atoms with E-state index in [9.17, 15) is 14.3 Å². The van der Waals surface area contributed by atoms with E-state index in [0.29, 0.717) is 12.3 Å². The zero-order chi connectivity index (χ0) is 13.7. The molecule has 0 radical (unpaired) electrons. The largest absolute Gasteiger partial charge is 0.398 e. The predicted octanol–water partition coefficient (Wildman–Crippen LogP) is 1.54. The first-order valence-electron chi connectivity index (χ1n) is 5.91. The minimum atomic E-state index is -0.608. The number of nitrogen functional groups attached to an aromatic ring is 1. The summed E-state index contributed by atoms with van der Waals surface area (Å²) in [6, 6.07) is 3.62. The highest BCUT2D eigenvalue weighted by atomic mass is 19.1. The molecular weight excluding hydrogens is 235 g/mol. The molecule has 1 aromatic rings. The van der Waals surface area contributed by atoms with Crippen molar-refractivity contribution >= 4 is 11.6 Å². The van der Waals surface area contributed by atoms with Crippen LogP contribution in [0.5, 0.6) is 0 Å². The highest BCUT2D eigenvalue weighted by molar-refractivity contribution is 5.99. The standard InChI is InChI=1S/C13H19FN2O2/c1-8(2)5-10(17)7-16-13(18)11-6-9(14)3-4-12(11)15/h3-4,6,8,10,17H,5,7,15H2,1-2H3,(H,16,18). The molecule has 0 aliphatic rings. The summed E-state index contributed by atoms with van der Waals surface area (Å²) in [5.41, 5.74) is 5.89. The molecule has 1 atom stereocenters. The number of amides is 1. The molecular formula is C13H19FN2O2. The highest BCUT2D eigenvalue weighted by Crippen LogP contribution is 2.13. The smallest absolute Gasteiger partial charge is 0.253 e. The number of halogens is 1. The molecule has 1 rings (SSSR count). The number of rotatable bonds is 5. The molecule has 18 heavy (non-hydrogen) atoms. The Labute approximate surface area is 106 Å². The number of benzene rings is 1. The maximum Gasteiger partial charge on any atom is 0.253 e. The van der Waals surface area contributed by atoms with Crippen LogP contribution in [0.4, 0.5) is 10.1 Å². The predicted molar refractivity (Wildman–Crippen MR) is 68.6 cm³/mol. The number of aliphatic hydroxyl groups excluding tert-OH is 1. The summed E-state index contributed by atoms with van der Waals surface area (Å²) in [5, 5.41) is 12.2. The summed E-state index contributed by atoms with van der Waals surface area (Å²) in [4.78, 5) is 11.7. The number of nitrogens with one attached hydrogen (secondary N) is 1. The monoisotopic (exact) mass is 254 g/mol. The third-order valence-electron chi connectivity index (χ3n) is 2.50. The Hall–Kier alpha value is -1.62. The molecule has 0 aliphatic carbocycles. The second-order valence-corrected chi connectivity index (χ2v) is 4.72. The molecule has 1 amide bonds. The van der Waals surface area contributed by atoms with E-state index in [0.717, 1.165) is 6.07 Å². The zero-order valence-electron chi connectivity index (χ0n) is 10.6. The Morgan fingerprint density at radius 2 is 2.17 bits per heavy atom. The molecule has 4 N–H and O–H groups in total. The first kappa shape index (κ1) is 14.4. The fourth-order valence-electron chi connectivity index (χ4n) is 1.66. The lowest BCUT2D eigenvalue weighted by atomic mass is 10.1. The maximum absolute atomic E-state index is 13.0. The van der Waals surface area contributed by atoms with E-state index in [1.165, 1.54) is 12.1 Å². The lowest BCUT2D eigenvalue weighted by Gasteiger charge is -2.14. The Bertz CT molecular complexity index is 421. The zero-order valence-corrected chi connectivity index (χ0v) is 10.6. The van der Waals surface area contributed by atoms with Crippen molar-refractivity contribution in [2.24, 2.45) is 5.92 Å². The molecule has 0 bridgehead atoms. The normalized spacial score (nSPS) is 12.5. The van der Waals surface area contributed by atoms with E-state index >= 15 is 0 Å². The number of hydrogen-bond acceptors (Lipinski definition) is 3. The second kappa shape index (κ2) is 6.35. The van der Waals surface area contributed by atoms with Crippen molar-refractivity contribution in [3.8, 4) is 0 Å². The molecule has 0 saturated carbocycles. The minimum Gasteiger partial charge on any atom is -0.398 e. The van der Waals surface area contributed by atoms with Crippen LogP contribution >= 0.6 is 0 Å². The number of hydrogen-bond donors (Lipinski definition) is 3. The van der Waals surface area contributed by atoms with E-state index in [2.05, 4.69) is 5.32 Å². The summed E-state index contributed by atoms with van der Waals surface area (Å²) in [6.07, 6.45) is -0.0115. The minimum absolute atomic E-state index is 0.0896. The number of carbonyl (C=O) groups excluding carboxylic acids is 1. The lowest BCUT2D eigenvalue weighted by molar-refractivity contribution is 0.0900. The van der Waals surface area contributed by atoms with Gasteiger partial charge in [0.2, 0.25) is 0 Å². The SMILES string of the molecule is CC(C)CC(O)CNC(=O)c1cc(F)ccc1N. The summed E-state index contributed by atoms with van der Waals surface area (Å²) < 4.78 is 13.0. The van der Waals surface area contributed by atoms with Gasteiger partial charge in [0, 0.05) is 12.2 Å². The first-order valence-corrected chi connectivity index (χ1v) is 5.91. The van der Waals surface area contributed by atoms with Gasteiger partial charge in [-0.1, -0.05) is 13.8 Å². The van der Waals surface area contributed by atoms with Crippen LogP contribution in [0.2, 0.25) is 0 Å². The van der Waals surface area contributed by atoms with Crippen LogP contribution in [-0.2, 0) is 0 Å². The molecule has 0 spiro atoms. The Kier molecular flexibility index (Phi) is 5.09. The molecule has 100 valence electrons. The van der Waals surface area contributed by atoms with Gasteiger partial charge in [-0.25, -0.2) is 4.39 Å². The average Bonchev–Trinajstić information content (AvgIpc) is 2.28. The molecule has 5 heteroatoms. The van der Waals surface area contributed by atoms with E-state index in [1.54, 1.807) is 0 Å². The molecule has 0 fully saturated rings. The van der Waals surface area contributed by atoms with Gasteiger partial charge in [0.25, 0.3) is 5.91 Å². The number of nitrogens with two attached hydrogens (primary N) is 1. The van der Waals surface area contributed by atoms with E-state index in [-0.39, 0.29) is 17.8 Å². The van der Waals surface area contributed by atoms with Gasteiger partial charge >= 0.3 is 0 Å². The maximum atomic E-state index is 13.0. The Balaban J connectivity index is 2.58. The van der Waals surface area contributed by atoms with Crippen LogP contribution < -0.4 is 11.1 Å². The number of aliphatic hydroxyl groups is 1. The summed E-state index contributed by atoms with van der Waals surface area (Å²) in [7, 11) is 0. The van der Waals surface area contributed by atoms with Crippen LogP contribution in [-0.4, -0.2) is 23.7 Å². The first-order chi connectivity index (χ1) is 8.40. The van der Waals surface area contributed by atoms with Crippen molar-refractivity contribution in [3.63, 3.8) is 0 Å². The van der Waals surface area contributed by atoms with Gasteiger partial charge in [-0.3, -0.25) is 4.79 Å². The van der Waals surface area contributed by atoms with Gasteiger partial charge in [0.1, 0.15) is 5.82 Å². The molecule has 4 nitrogen and oxygen atoms in total. The quantitative estimate of drug-likeness (QED) is 0.698. The molecule has 1 unspecified atom stereocenters. The summed E-state index contributed by atoms with van der Waals surface area (Å²) in [6.45, 7) is 4.10. The fraction of sp³-hybridized carbons (Fsp3) is 0.462. The molecule has 0 aliphatic heterocycles. The summed E-state index contributed by atoms with van der Waals surface area (Å²) in [5.74, 6) is -0.650. The number of anilines is 1. The van der Waals surface area contributed by atoms with Crippen LogP contribution in [0.3, 0.4) is 0 Å². The van der Waals surface area contributed by atoms with Crippen LogP contribution in [0.1, 0.15) is 30.6 Å². The van der Waals surface area contributed by atoms with Gasteiger partial charge in [-0.15, -0.1) is 0 Å². The average molecular weight is 254 g/mol.